The second-order valence-corrected chi connectivity index (χ2v) is 15.6. The number of ether oxygens (including phenoxy) is 4. The Morgan fingerprint density at radius 2 is 1.56 bits per heavy atom. The molecule has 1 aliphatic heterocycles. The van der Waals surface area contributed by atoms with Crippen LogP contribution in [0.15, 0.2) is 71.8 Å². The van der Waals surface area contributed by atoms with E-state index in [1.54, 1.807) is 62.4 Å². The summed E-state index contributed by atoms with van der Waals surface area (Å²) in [4.78, 5) is 67.6. The fraction of sp³-hybridized carbons (Fsp3) is 0.525. The second kappa shape index (κ2) is 14.0. The number of fused-ring (bicyclic) bond motifs is 5. The van der Waals surface area contributed by atoms with Gasteiger partial charge in [-0.3, -0.25) is 14.4 Å². The highest BCUT2D eigenvalue weighted by molar-refractivity contribution is 5.94. The summed E-state index contributed by atoms with van der Waals surface area (Å²) in [6.07, 6.45) is -10.3. The number of nitrogens with one attached hydrogen (secondary N) is 1. The zero-order chi connectivity index (χ0) is 39.5. The van der Waals surface area contributed by atoms with Crippen LogP contribution in [0.4, 0.5) is 0 Å². The predicted octanol–water partition coefficient (Wildman–Crippen LogP) is 1.87. The van der Waals surface area contributed by atoms with Crippen molar-refractivity contribution in [2.45, 2.75) is 108 Å². The molecule has 2 aromatic carbocycles. The standard InChI is InChI=1S/C40H47NO13/c1-20-25(52-36(49)31(46)29(41-21(2)42)23-13-9-7-10-14-23)18-40(50)34(53-35(48)24-15-11-8-12-16-24)32-38(6,33(47)30(45)28(20)37(40,4)5)26(44)17-27-39(32,19-51-27)54-22(3)43/h7-16,25-27,29-32,34,44-46,50H,17-19H2,1-6H3,(H,41,42)/t25-,26-,27+,29-,30+,31+,32?,34-,38+,39-,40+/m0/s1. The molecule has 2 aromatic rings. The lowest BCUT2D eigenvalue weighted by Gasteiger charge is -2.67. The average molecular weight is 750 g/mol. The highest BCUT2D eigenvalue weighted by atomic mass is 16.6. The van der Waals surface area contributed by atoms with Crippen LogP contribution in [0.3, 0.4) is 0 Å². The zero-order valence-corrected chi connectivity index (χ0v) is 31.0. The third-order valence-electron chi connectivity index (χ3n) is 12.3. The molecule has 2 saturated carbocycles. The number of aliphatic hydroxyl groups excluding tert-OH is 3. The van der Waals surface area contributed by atoms with Crippen LogP contribution < -0.4 is 5.32 Å². The highest BCUT2D eigenvalue weighted by Crippen LogP contribution is 2.64. The van der Waals surface area contributed by atoms with Gasteiger partial charge >= 0.3 is 17.9 Å². The lowest BCUT2D eigenvalue weighted by Crippen LogP contribution is -2.81. The fourth-order valence-electron chi connectivity index (χ4n) is 9.34. The van der Waals surface area contributed by atoms with Crippen molar-refractivity contribution < 1.29 is 63.3 Å². The topological polar surface area (TPSA) is 215 Å². The van der Waals surface area contributed by atoms with E-state index in [1.165, 1.54) is 32.9 Å². The SMILES string of the molecule is CC(=O)N[C@@H](c1ccccc1)[C@@H](O)C(=O)O[C@H]1C[C@@]2(O)[C@@H](OC(=O)c3ccccc3)C3[C@](C)(C(=O)[C@H](O)C(=C1C)C2(C)C)[C@@H](O)C[C@H]1OC[C@@]31OC(C)=O. The Morgan fingerprint density at radius 3 is 2.11 bits per heavy atom. The van der Waals surface area contributed by atoms with Crippen LogP contribution in [-0.2, 0) is 38.1 Å². The number of esters is 3. The predicted molar refractivity (Wildman–Crippen MR) is 188 cm³/mol. The van der Waals surface area contributed by atoms with Crippen molar-refractivity contribution in [2.75, 3.05) is 6.61 Å². The number of hydrogen-bond acceptors (Lipinski definition) is 13. The minimum Gasteiger partial charge on any atom is -0.456 e. The molecular weight excluding hydrogens is 702 g/mol. The van der Waals surface area contributed by atoms with Gasteiger partial charge in [0.05, 0.1) is 35.6 Å². The molecule has 3 fully saturated rings. The van der Waals surface area contributed by atoms with Gasteiger partial charge in [-0.05, 0) is 42.7 Å². The number of aliphatic hydroxyl groups is 4. The van der Waals surface area contributed by atoms with Crippen molar-refractivity contribution in [3.05, 3.63) is 82.9 Å². The van der Waals surface area contributed by atoms with Crippen LogP contribution in [-0.4, -0.2) is 104 Å². The van der Waals surface area contributed by atoms with Gasteiger partial charge < -0.3 is 44.7 Å². The Morgan fingerprint density at radius 1 is 0.944 bits per heavy atom. The zero-order valence-electron chi connectivity index (χ0n) is 31.0. The first-order chi connectivity index (χ1) is 25.3. The third kappa shape index (κ3) is 6.04. The Balaban J connectivity index is 1.52. The van der Waals surface area contributed by atoms with Gasteiger partial charge in [0.15, 0.2) is 17.5 Å². The van der Waals surface area contributed by atoms with E-state index in [9.17, 15) is 44.4 Å². The van der Waals surface area contributed by atoms with Gasteiger partial charge in [-0.15, -0.1) is 0 Å². The van der Waals surface area contributed by atoms with Crippen LogP contribution in [0.5, 0.6) is 0 Å². The van der Waals surface area contributed by atoms with Crippen molar-refractivity contribution in [1.29, 1.82) is 0 Å². The first-order valence-corrected chi connectivity index (χ1v) is 17.9. The third-order valence-corrected chi connectivity index (χ3v) is 12.3. The van der Waals surface area contributed by atoms with Crippen LogP contribution in [0.25, 0.3) is 0 Å². The van der Waals surface area contributed by atoms with Crippen LogP contribution in [0.2, 0.25) is 0 Å². The van der Waals surface area contributed by atoms with E-state index >= 15 is 0 Å². The summed E-state index contributed by atoms with van der Waals surface area (Å²) in [7, 11) is 0. The summed E-state index contributed by atoms with van der Waals surface area (Å²) < 4.78 is 24.0. The Labute approximate surface area is 312 Å². The summed E-state index contributed by atoms with van der Waals surface area (Å²) in [5, 5.41) is 51.1. The first kappa shape index (κ1) is 39.2. The molecule has 0 spiro atoms. The number of Topliss-reactive ketones (excluding diaryl/α,β-unsaturated/α-hetero) is 1. The molecule has 14 nitrogen and oxygen atoms in total. The first-order valence-electron chi connectivity index (χ1n) is 17.9. The van der Waals surface area contributed by atoms with E-state index < -0.39 is 107 Å². The van der Waals surface area contributed by atoms with Crippen molar-refractivity contribution >= 4 is 29.6 Å². The molecule has 1 unspecified atom stereocenters. The molecule has 0 aromatic heterocycles. The van der Waals surface area contributed by atoms with Crippen molar-refractivity contribution in [2.24, 2.45) is 16.7 Å². The van der Waals surface area contributed by atoms with Crippen molar-refractivity contribution in [3.63, 3.8) is 0 Å². The van der Waals surface area contributed by atoms with Crippen LogP contribution in [0, 0.1) is 16.7 Å². The maximum Gasteiger partial charge on any atom is 0.338 e. The molecule has 11 atom stereocenters. The van der Waals surface area contributed by atoms with Gasteiger partial charge in [-0.25, -0.2) is 9.59 Å². The highest BCUT2D eigenvalue weighted by Gasteiger charge is 2.78. The molecule has 0 radical (unpaired) electrons. The van der Waals surface area contributed by atoms with E-state index in [2.05, 4.69) is 5.32 Å². The van der Waals surface area contributed by atoms with Gasteiger partial charge in [0.25, 0.3) is 0 Å². The smallest absolute Gasteiger partial charge is 0.338 e. The summed E-state index contributed by atoms with van der Waals surface area (Å²) >= 11 is 0. The number of amides is 1. The van der Waals surface area contributed by atoms with E-state index in [4.69, 9.17) is 18.9 Å². The summed E-state index contributed by atoms with van der Waals surface area (Å²) in [6.45, 7) is 8.11. The number of carbonyl (C=O) groups is 5. The molecule has 290 valence electrons. The summed E-state index contributed by atoms with van der Waals surface area (Å²) in [6, 6.07) is 14.9. The molecule has 4 aliphatic rings. The Hall–Kier alpha value is -4.47. The maximum atomic E-state index is 14.9. The van der Waals surface area contributed by atoms with Crippen LogP contribution >= 0.6 is 0 Å². The lowest BCUT2D eigenvalue weighted by atomic mass is 9.44. The van der Waals surface area contributed by atoms with Crippen molar-refractivity contribution in [1.82, 2.24) is 5.32 Å². The summed E-state index contributed by atoms with van der Waals surface area (Å²) in [5.74, 6) is -5.80. The Kier molecular flexibility index (Phi) is 10.2. The van der Waals surface area contributed by atoms with E-state index in [1.807, 2.05) is 0 Å². The van der Waals surface area contributed by atoms with Crippen molar-refractivity contribution in [3.8, 4) is 0 Å². The molecule has 6 rings (SSSR count). The fourth-order valence-corrected chi connectivity index (χ4v) is 9.34. The normalized spacial score (nSPS) is 35.0. The van der Waals surface area contributed by atoms with Gasteiger partial charge in [0.2, 0.25) is 5.91 Å². The van der Waals surface area contributed by atoms with E-state index in [0.717, 1.165) is 6.92 Å². The lowest BCUT2D eigenvalue weighted by molar-refractivity contribution is -0.346. The maximum absolute atomic E-state index is 14.9. The molecule has 14 heteroatoms. The molecule has 54 heavy (non-hydrogen) atoms. The number of benzene rings is 2. The largest absolute Gasteiger partial charge is 0.456 e. The molecule has 3 aliphatic carbocycles. The molecule has 1 saturated heterocycles. The van der Waals surface area contributed by atoms with Gasteiger partial charge in [0.1, 0.15) is 30.0 Å². The van der Waals surface area contributed by atoms with E-state index in [0.29, 0.717) is 5.56 Å². The number of rotatable bonds is 8. The average Bonchev–Trinajstić information content (AvgIpc) is 3.12. The minimum atomic E-state index is -2.32. The van der Waals surface area contributed by atoms with Gasteiger partial charge in [-0.1, -0.05) is 62.4 Å². The number of ketones is 1. The monoisotopic (exact) mass is 749 g/mol. The van der Waals surface area contributed by atoms with E-state index in [-0.39, 0.29) is 29.7 Å². The quantitative estimate of drug-likeness (QED) is 0.148. The Bertz CT molecular complexity index is 1860. The second-order valence-electron chi connectivity index (χ2n) is 15.6. The molecule has 2 bridgehead atoms. The summed E-state index contributed by atoms with van der Waals surface area (Å²) in [5.41, 5.74) is -7.01. The van der Waals surface area contributed by atoms with Gasteiger partial charge in [0, 0.05) is 32.1 Å². The van der Waals surface area contributed by atoms with Crippen LogP contribution in [0.1, 0.15) is 76.3 Å². The minimum absolute atomic E-state index is 0.0452. The number of carbonyl (C=O) groups excluding carboxylic acids is 5. The number of hydrogen-bond donors (Lipinski definition) is 5. The molecular formula is C40H47NO13. The molecule has 1 amide bonds. The van der Waals surface area contributed by atoms with Gasteiger partial charge in [-0.2, -0.15) is 0 Å². The molecule has 1 heterocycles. The molecule has 5 N–H and O–H groups in total.